The molecule has 5 heteroatoms. The summed E-state index contributed by atoms with van der Waals surface area (Å²) in [6.07, 6.45) is 0.792. The Morgan fingerprint density at radius 1 is 1.30 bits per heavy atom. The van der Waals surface area contributed by atoms with Gasteiger partial charge >= 0.3 is 0 Å². The zero-order valence-corrected chi connectivity index (χ0v) is 14.5. The van der Waals surface area contributed by atoms with E-state index in [9.17, 15) is 4.79 Å². The third-order valence-electron chi connectivity index (χ3n) is 3.92. The van der Waals surface area contributed by atoms with Gasteiger partial charge in [0.2, 0.25) is 5.91 Å². The number of halogens is 1. The highest BCUT2D eigenvalue weighted by atomic mass is 79.9. The first kappa shape index (κ1) is 15.9. The lowest BCUT2D eigenvalue weighted by Crippen LogP contribution is -2.35. The average molecular weight is 375 g/mol. The van der Waals surface area contributed by atoms with Crippen LogP contribution in [0.15, 0.2) is 46.9 Å². The maximum absolute atomic E-state index is 12.2. The second kappa shape index (κ2) is 7.04. The zero-order valence-electron chi connectivity index (χ0n) is 12.9. The molecule has 0 aromatic heterocycles. The molecule has 2 aromatic carbocycles. The molecule has 1 amide bonds. The van der Waals surface area contributed by atoms with E-state index in [4.69, 9.17) is 4.74 Å². The Kier molecular flexibility index (Phi) is 4.86. The van der Waals surface area contributed by atoms with Gasteiger partial charge in [0, 0.05) is 22.1 Å². The Morgan fingerprint density at radius 3 is 2.96 bits per heavy atom. The Balaban J connectivity index is 1.60. The van der Waals surface area contributed by atoms with Crippen molar-refractivity contribution in [3.8, 4) is 5.75 Å². The van der Waals surface area contributed by atoms with E-state index in [1.54, 1.807) is 0 Å². The van der Waals surface area contributed by atoms with Crippen molar-refractivity contribution in [1.82, 2.24) is 5.32 Å². The first-order chi connectivity index (χ1) is 11.1. The van der Waals surface area contributed by atoms with Crippen LogP contribution in [0.1, 0.15) is 23.6 Å². The number of rotatable bonds is 4. The van der Waals surface area contributed by atoms with Crippen molar-refractivity contribution < 1.29 is 9.53 Å². The summed E-state index contributed by atoms with van der Waals surface area (Å²) in [4.78, 5) is 12.2. The largest absolute Gasteiger partial charge is 0.493 e. The van der Waals surface area contributed by atoms with E-state index in [1.165, 1.54) is 0 Å². The summed E-state index contributed by atoms with van der Waals surface area (Å²) < 4.78 is 6.65. The number of nitrogens with one attached hydrogen (secondary N) is 2. The SMILES string of the molecule is Cc1cc(Br)ccc1NCC(=O)NC1CCOc2ccccc21. The fourth-order valence-corrected chi connectivity index (χ4v) is 3.21. The number of hydrogen-bond acceptors (Lipinski definition) is 3. The number of hydrogen-bond donors (Lipinski definition) is 2. The number of para-hydroxylation sites is 1. The first-order valence-corrected chi connectivity index (χ1v) is 8.44. The second-order valence-electron chi connectivity index (χ2n) is 5.61. The number of amides is 1. The summed E-state index contributed by atoms with van der Waals surface area (Å²) in [5.74, 6) is 0.842. The van der Waals surface area contributed by atoms with Crippen LogP contribution in [-0.2, 0) is 4.79 Å². The highest BCUT2D eigenvalue weighted by Gasteiger charge is 2.22. The number of carbonyl (C=O) groups is 1. The van der Waals surface area contributed by atoms with Gasteiger partial charge in [-0.15, -0.1) is 0 Å². The lowest BCUT2D eigenvalue weighted by molar-refractivity contribution is -0.120. The standard InChI is InChI=1S/C18H19BrN2O2/c1-12-10-13(19)6-7-15(12)20-11-18(22)21-16-8-9-23-17-5-3-2-4-14(16)17/h2-7,10,16,20H,8-9,11H2,1H3,(H,21,22). The van der Waals surface area contributed by atoms with Crippen molar-refractivity contribution in [1.29, 1.82) is 0 Å². The van der Waals surface area contributed by atoms with Crippen LogP contribution >= 0.6 is 15.9 Å². The topological polar surface area (TPSA) is 50.4 Å². The number of benzene rings is 2. The summed E-state index contributed by atoms with van der Waals surface area (Å²) in [5, 5.41) is 6.27. The third-order valence-corrected chi connectivity index (χ3v) is 4.41. The third kappa shape index (κ3) is 3.85. The van der Waals surface area contributed by atoms with Gasteiger partial charge in [-0.2, -0.15) is 0 Å². The lowest BCUT2D eigenvalue weighted by atomic mass is 10.0. The van der Waals surface area contributed by atoms with Crippen molar-refractivity contribution in [3.05, 3.63) is 58.1 Å². The van der Waals surface area contributed by atoms with Crippen LogP contribution in [0.4, 0.5) is 5.69 Å². The Morgan fingerprint density at radius 2 is 2.13 bits per heavy atom. The van der Waals surface area contributed by atoms with Crippen LogP contribution in [0.5, 0.6) is 5.75 Å². The molecule has 1 aliphatic rings. The molecule has 2 N–H and O–H groups in total. The van der Waals surface area contributed by atoms with Gasteiger partial charge in [-0.25, -0.2) is 0 Å². The predicted octanol–water partition coefficient (Wildman–Crippen LogP) is 3.81. The lowest BCUT2D eigenvalue weighted by Gasteiger charge is -2.26. The van der Waals surface area contributed by atoms with E-state index in [2.05, 4.69) is 26.6 Å². The van der Waals surface area contributed by atoms with E-state index in [0.717, 1.165) is 33.5 Å². The number of fused-ring (bicyclic) bond motifs is 1. The molecule has 1 heterocycles. The molecule has 120 valence electrons. The van der Waals surface area contributed by atoms with Crippen molar-refractivity contribution in [2.45, 2.75) is 19.4 Å². The van der Waals surface area contributed by atoms with Gasteiger partial charge in [0.1, 0.15) is 5.75 Å². The van der Waals surface area contributed by atoms with E-state index in [0.29, 0.717) is 6.61 Å². The van der Waals surface area contributed by atoms with Gasteiger partial charge in [-0.05, 0) is 36.8 Å². The van der Waals surface area contributed by atoms with Crippen molar-refractivity contribution in [3.63, 3.8) is 0 Å². The second-order valence-corrected chi connectivity index (χ2v) is 6.52. The zero-order chi connectivity index (χ0) is 16.2. The Hall–Kier alpha value is -2.01. The minimum atomic E-state index is -0.0194. The minimum absolute atomic E-state index is 0.0141. The molecule has 0 bridgehead atoms. The molecule has 1 unspecified atom stereocenters. The number of ether oxygens (including phenoxy) is 1. The van der Waals surface area contributed by atoms with Crippen LogP contribution in [0, 0.1) is 6.92 Å². The summed E-state index contributed by atoms with van der Waals surface area (Å²) in [7, 11) is 0. The monoisotopic (exact) mass is 374 g/mol. The molecule has 2 aromatic rings. The van der Waals surface area contributed by atoms with Crippen LogP contribution in [-0.4, -0.2) is 19.1 Å². The Labute approximate surface area is 144 Å². The molecule has 3 rings (SSSR count). The molecule has 1 aliphatic heterocycles. The molecule has 0 saturated heterocycles. The average Bonchev–Trinajstić information content (AvgIpc) is 2.54. The molecule has 23 heavy (non-hydrogen) atoms. The maximum atomic E-state index is 12.2. The fourth-order valence-electron chi connectivity index (χ4n) is 2.74. The van der Waals surface area contributed by atoms with Gasteiger partial charge in [-0.1, -0.05) is 34.1 Å². The summed E-state index contributed by atoms with van der Waals surface area (Å²) in [6, 6.07) is 13.8. The molecule has 0 radical (unpaired) electrons. The molecular formula is C18H19BrN2O2. The quantitative estimate of drug-likeness (QED) is 0.855. The smallest absolute Gasteiger partial charge is 0.239 e. The van der Waals surface area contributed by atoms with Crippen molar-refractivity contribution in [2.75, 3.05) is 18.5 Å². The van der Waals surface area contributed by atoms with Gasteiger partial charge < -0.3 is 15.4 Å². The molecule has 4 nitrogen and oxygen atoms in total. The molecule has 0 fully saturated rings. The van der Waals surface area contributed by atoms with E-state index in [1.807, 2.05) is 49.4 Å². The van der Waals surface area contributed by atoms with Gasteiger partial charge in [0.05, 0.1) is 19.2 Å². The molecule has 0 aliphatic carbocycles. The van der Waals surface area contributed by atoms with Crippen LogP contribution in [0.25, 0.3) is 0 Å². The van der Waals surface area contributed by atoms with Crippen molar-refractivity contribution in [2.24, 2.45) is 0 Å². The molecule has 0 saturated carbocycles. The predicted molar refractivity (Wildman–Crippen MR) is 94.8 cm³/mol. The number of anilines is 1. The number of aryl methyl sites for hydroxylation is 1. The van der Waals surface area contributed by atoms with Gasteiger partial charge in [-0.3, -0.25) is 4.79 Å². The molecule has 0 spiro atoms. The highest BCUT2D eigenvalue weighted by molar-refractivity contribution is 9.10. The van der Waals surface area contributed by atoms with Gasteiger partial charge in [0.25, 0.3) is 0 Å². The Bertz CT molecular complexity index is 718. The summed E-state index contributed by atoms with van der Waals surface area (Å²) in [5.41, 5.74) is 3.12. The van der Waals surface area contributed by atoms with E-state index < -0.39 is 0 Å². The highest BCUT2D eigenvalue weighted by Crippen LogP contribution is 2.31. The minimum Gasteiger partial charge on any atom is -0.493 e. The molecule has 1 atom stereocenters. The summed E-state index contributed by atoms with van der Waals surface area (Å²) in [6.45, 7) is 2.89. The normalized spacial score (nSPS) is 16.2. The number of carbonyl (C=O) groups excluding carboxylic acids is 1. The van der Waals surface area contributed by atoms with Crippen molar-refractivity contribution >= 4 is 27.5 Å². The van der Waals surface area contributed by atoms with Crippen LogP contribution in [0.3, 0.4) is 0 Å². The molecular weight excluding hydrogens is 356 g/mol. The van der Waals surface area contributed by atoms with E-state index in [-0.39, 0.29) is 18.5 Å². The fraction of sp³-hybridized carbons (Fsp3) is 0.278. The first-order valence-electron chi connectivity index (χ1n) is 7.64. The van der Waals surface area contributed by atoms with Crippen LogP contribution < -0.4 is 15.4 Å². The van der Waals surface area contributed by atoms with E-state index >= 15 is 0 Å². The maximum Gasteiger partial charge on any atom is 0.239 e. The summed E-state index contributed by atoms with van der Waals surface area (Å²) >= 11 is 3.44. The van der Waals surface area contributed by atoms with Gasteiger partial charge in [0.15, 0.2) is 0 Å². The van der Waals surface area contributed by atoms with Crippen LogP contribution in [0.2, 0.25) is 0 Å².